The number of ether oxygens (including phenoxy) is 1. The van der Waals surface area contributed by atoms with Crippen LogP contribution in [0.5, 0.6) is 0 Å². The molecule has 0 amide bonds. The average Bonchev–Trinajstić information content (AvgIpc) is 2.35. The van der Waals surface area contributed by atoms with E-state index in [2.05, 4.69) is 26.0 Å². The summed E-state index contributed by atoms with van der Waals surface area (Å²) < 4.78 is 5.54. The van der Waals surface area contributed by atoms with Crippen molar-refractivity contribution in [3.05, 3.63) is 35.4 Å². The Kier molecular flexibility index (Phi) is 5.66. The van der Waals surface area contributed by atoms with E-state index in [0.717, 1.165) is 12.0 Å². The van der Waals surface area contributed by atoms with Crippen molar-refractivity contribution in [3.8, 4) is 0 Å². The third kappa shape index (κ3) is 3.83. The molecule has 0 fully saturated rings. The lowest BCUT2D eigenvalue weighted by Crippen LogP contribution is -2.21. The molecule has 0 saturated heterocycles. The first-order valence-electron chi connectivity index (χ1n) is 6.49. The van der Waals surface area contributed by atoms with E-state index in [9.17, 15) is 5.11 Å². The maximum absolute atomic E-state index is 10.2. The number of benzene rings is 1. The Labute approximate surface area is 105 Å². The van der Waals surface area contributed by atoms with Crippen molar-refractivity contribution in [1.29, 1.82) is 0 Å². The first kappa shape index (κ1) is 14.2. The van der Waals surface area contributed by atoms with Crippen LogP contribution in [0.25, 0.3) is 0 Å². The molecule has 0 bridgehead atoms. The quantitative estimate of drug-likeness (QED) is 0.816. The molecule has 1 aromatic carbocycles. The lowest BCUT2D eigenvalue weighted by Gasteiger charge is -2.22. The Morgan fingerprint density at radius 2 is 1.59 bits per heavy atom. The highest BCUT2D eigenvalue weighted by atomic mass is 16.5. The van der Waals surface area contributed by atoms with E-state index in [1.807, 2.05) is 26.0 Å². The number of aliphatic hydroxyl groups excluding tert-OH is 1. The molecule has 1 N–H and O–H groups in total. The lowest BCUT2D eigenvalue weighted by molar-refractivity contribution is -0.0355. The third-order valence-electron chi connectivity index (χ3n) is 3.08. The summed E-state index contributed by atoms with van der Waals surface area (Å²) >= 11 is 0. The Morgan fingerprint density at radius 3 is 2.00 bits per heavy atom. The molecule has 1 aromatic rings. The molecule has 1 rings (SSSR count). The third-order valence-corrected chi connectivity index (χ3v) is 3.08. The molecule has 0 heterocycles. The van der Waals surface area contributed by atoms with Gasteiger partial charge in [0, 0.05) is 6.61 Å². The summed E-state index contributed by atoms with van der Waals surface area (Å²) in [6.45, 7) is 8.96. The number of aliphatic hydroxyl groups is 1. The van der Waals surface area contributed by atoms with Crippen molar-refractivity contribution in [2.75, 3.05) is 6.61 Å². The Bertz CT molecular complexity index is 316. The van der Waals surface area contributed by atoms with E-state index in [0.29, 0.717) is 12.5 Å². The molecule has 2 unspecified atom stereocenters. The van der Waals surface area contributed by atoms with E-state index >= 15 is 0 Å². The van der Waals surface area contributed by atoms with E-state index in [-0.39, 0.29) is 6.10 Å². The van der Waals surface area contributed by atoms with Gasteiger partial charge in [-0.2, -0.15) is 0 Å². The fraction of sp³-hybridized carbons (Fsp3) is 0.600. The smallest absolute Gasteiger partial charge is 0.105 e. The first-order chi connectivity index (χ1) is 8.10. The van der Waals surface area contributed by atoms with E-state index in [1.165, 1.54) is 5.56 Å². The van der Waals surface area contributed by atoms with E-state index in [4.69, 9.17) is 4.74 Å². The van der Waals surface area contributed by atoms with Gasteiger partial charge in [-0.05, 0) is 30.4 Å². The minimum absolute atomic E-state index is 0.107. The molecule has 96 valence electrons. The van der Waals surface area contributed by atoms with Gasteiger partial charge in [0.25, 0.3) is 0 Å². The zero-order valence-electron chi connectivity index (χ0n) is 11.3. The van der Waals surface area contributed by atoms with Crippen LogP contribution in [0.4, 0.5) is 0 Å². The Hall–Kier alpha value is -0.860. The van der Waals surface area contributed by atoms with Crippen molar-refractivity contribution >= 4 is 0 Å². The van der Waals surface area contributed by atoms with Crippen LogP contribution in [0.3, 0.4) is 0 Å². The minimum Gasteiger partial charge on any atom is -0.386 e. The zero-order chi connectivity index (χ0) is 12.8. The molecule has 2 atom stereocenters. The van der Waals surface area contributed by atoms with Crippen LogP contribution in [-0.4, -0.2) is 17.8 Å². The normalized spacial score (nSPS) is 14.9. The molecule has 0 aliphatic rings. The van der Waals surface area contributed by atoms with Crippen LogP contribution in [0.15, 0.2) is 24.3 Å². The second-order valence-corrected chi connectivity index (χ2v) is 4.67. The van der Waals surface area contributed by atoms with Crippen LogP contribution in [0.2, 0.25) is 0 Å². The first-order valence-corrected chi connectivity index (χ1v) is 6.49. The largest absolute Gasteiger partial charge is 0.386 e. The number of hydrogen-bond acceptors (Lipinski definition) is 2. The molecule has 0 aliphatic carbocycles. The van der Waals surface area contributed by atoms with E-state index < -0.39 is 6.10 Å². The lowest BCUT2D eigenvalue weighted by atomic mass is 9.97. The van der Waals surface area contributed by atoms with Gasteiger partial charge < -0.3 is 9.84 Å². The van der Waals surface area contributed by atoms with Crippen LogP contribution in [0, 0.1) is 0 Å². The maximum Gasteiger partial charge on any atom is 0.105 e. The van der Waals surface area contributed by atoms with Gasteiger partial charge >= 0.3 is 0 Å². The minimum atomic E-state index is -0.527. The van der Waals surface area contributed by atoms with Gasteiger partial charge in [0.05, 0.1) is 6.10 Å². The van der Waals surface area contributed by atoms with Crippen molar-refractivity contribution in [2.24, 2.45) is 0 Å². The van der Waals surface area contributed by atoms with E-state index in [1.54, 1.807) is 0 Å². The summed E-state index contributed by atoms with van der Waals surface area (Å²) in [6, 6.07) is 8.17. The molecule has 0 aliphatic heterocycles. The summed E-state index contributed by atoms with van der Waals surface area (Å²) in [5.41, 5.74) is 2.24. The second-order valence-electron chi connectivity index (χ2n) is 4.67. The van der Waals surface area contributed by atoms with Gasteiger partial charge in [0.2, 0.25) is 0 Å². The van der Waals surface area contributed by atoms with Gasteiger partial charge in [-0.1, -0.05) is 45.0 Å². The summed E-state index contributed by atoms with van der Waals surface area (Å²) in [7, 11) is 0. The molecule has 2 heteroatoms. The van der Waals surface area contributed by atoms with Crippen molar-refractivity contribution in [3.63, 3.8) is 0 Å². The fourth-order valence-electron chi connectivity index (χ4n) is 1.94. The molecule has 0 aromatic heterocycles. The van der Waals surface area contributed by atoms with Gasteiger partial charge in [0.15, 0.2) is 0 Å². The summed E-state index contributed by atoms with van der Waals surface area (Å²) in [5, 5.41) is 10.2. The van der Waals surface area contributed by atoms with Gasteiger partial charge in [0.1, 0.15) is 6.10 Å². The molecule has 2 nitrogen and oxygen atoms in total. The summed E-state index contributed by atoms with van der Waals surface area (Å²) in [5.74, 6) is 0.523. The van der Waals surface area contributed by atoms with Crippen molar-refractivity contribution in [1.82, 2.24) is 0 Å². The van der Waals surface area contributed by atoms with Crippen molar-refractivity contribution in [2.45, 2.75) is 52.2 Å². The monoisotopic (exact) mass is 236 g/mol. The topological polar surface area (TPSA) is 29.5 Å². The number of rotatable bonds is 6. The van der Waals surface area contributed by atoms with Crippen LogP contribution in [0.1, 0.15) is 57.3 Å². The molecule has 0 radical (unpaired) electrons. The maximum atomic E-state index is 10.2. The average molecular weight is 236 g/mol. The van der Waals surface area contributed by atoms with Crippen LogP contribution >= 0.6 is 0 Å². The van der Waals surface area contributed by atoms with Gasteiger partial charge in [-0.15, -0.1) is 0 Å². The predicted molar refractivity (Wildman–Crippen MR) is 71.2 cm³/mol. The summed E-state index contributed by atoms with van der Waals surface area (Å²) in [6.07, 6.45) is 0.187. The Balaban J connectivity index is 2.77. The van der Waals surface area contributed by atoms with Crippen molar-refractivity contribution < 1.29 is 9.84 Å². The zero-order valence-corrected chi connectivity index (χ0v) is 11.3. The highest BCUT2D eigenvalue weighted by Crippen LogP contribution is 2.23. The van der Waals surface area contributed by atoms with Crippen LogP contribution < -0.4 is 0 Å². The second kappa shape index (κ2) is 6.77. The molecule has 0 saturated carbocycles. The SMILES string of the molecule is CCOC(CC)C(O)c1ccc(C(C)C)cc1. The van der Waals surface area contributed by atoms with Crippen LogP contribution in [-0.2, 0) is 4.74 Å². The number of hydrogen-bond donors (Lipinski definition) is 1. The molecular formula is C15H24O2. The van der Waals surface area contributed by atoms with Gasteiger partial charge in [-0.3, -0.25) is 0 Å². The summed E-state index contributed by atoms with van der Waals surface area (Å²) in [4.78, 5) is 0. The van der Waals surface area contributed by atoms with Gasteiger partial charge in [-0.25, -0.2) is 0 Å². The molecular weight excluding hydrogens is 212 g/mol. The molecule has 17 heavy (non-hydrogen) atoms. The fourth-order valence-corrected chi connectivity index (χ4v) is 1.94. The Morgan fingerprint density at radius 1 is 1.06 bits per heavy atom. The highest BCUT2D eigenvalue weighted by molar-refractivity contribution is 5.26. The highest BCUT2D eigenvalue weighted by Gasteiger charge is 2.19. The predicted octanol–water partition coefficient (Wildman–Crippen LogP) is 3.66. The standard InChI is InChI=1S/C15H24O2/c1-5-14(17-6-2)15(16)13-9-7-12(8-10-13)11(3)4/h7-11,14-16H,5-6H2,1-4H3. The molecule has 0 spiro atoms.